The average molecular weight is 257 g/mol. The van der Waals surface area contributed by atoms with Gasteiger partial charge < -0.3 is 4.90 Å². The van der Waals surface area contributed by atoms with Gasteiger partial charge in [-0.2, -0.15) is 0 Å². The fraction of sp³-hybridized carbons (Fsp3) is 0.364. The third-order valence-corrected chi connectivity index (χ3v) is 2.85. The minimum Gasteiger partial charge on any atom is -0.339 e. The lowest BCUT2D eigenvalue weighted by atomic mass is 10.1. The Morgan fingerprint density at radius 3 is 2.47 bits per heavy atom. The first-order chi connectivity index (χ1) is 8.02. The molecule has 0 radical (unpaired) electrons. The number of nitro groups is 1. The van der Waals surface area contributed by atoms with Crippen LogP contribution in [-0.4, -0.2) is 28.8 Å². The summed E-state index contributed by atoms with van der Waals surface area (Å²) in [7, 11) is 0. The van der Waals surface area contributed by atoms with E-state index in [4.69, 9.17) is 11.6 Å². The molecule has 0 aliphatic heterocycles. The fourth-order valence-corrected chi connectivity index (χ4v) is 1.78. The summed E-state index contributed by atoms with van der Waals surface area (Å²) in [4.78, 5) is 23.7. The molecule has 0 aromatic heterocycles. The summed E-state index contributed by atoms with van der Waals surface area (Å²) < 4.78 is 0. The van der Waals surface area contributed by atoms with E-state index in [9.17, 15) is 14.9 Å². The van der Waals surface area contributed by atoms with Crippen LogP contribution in [0, 0.1) is 10.1 Å². The number of hydrogen-bond donors (Lipinski definition) is 0. The smallest absolute Gasteiger partial charge is 0.288 e. The molecule has 0 spiro atoms. The van der Waals surface area contributed by atoms with Gasteiger partial charge in [-0.05, 0) is 19.9 Å². The molecule has 1 rings (SSSR count). The van der Waals surface area contributed by atoms with Crippen molar-refractivity contribution in [1.82, 2.24) is 4.90 Å². The topological polar surface area (TPSA) is 63.5 Å². The van der Waals surface area contributed by atoms with Crippen molar-refractivity contribution in [2.75, 3.05) is 13.1 Å². The summed E-state index contributed by atoms with van der Waals surface area (Å²) in [6, 6.07) is 4.23. The van der Waals surface area contributed by atoms with Gasteiger partial charge in [-0.1, -0.05) is 17.7 Å². The maximum atomic E-state index is 12.0. The maximum absolute atomic E-state index is 12.0. The third kappa shape index (κ3) is 2.74. The van der Waals surface area contributed by atoms with Gasteiger partial charge in [0.05, 0.1) is 10.5 Å². The molecule has 5 nitrogen and oxygen atoms in total. The molecule has 92 valence electrons. The fourth-order valence-electron chi connectivity index (χ4n) is 1.51. The minimum absolute atomic E-state index is 0.102. The first-order valence-electron chi connectivity index (χ1n) is 5.25. The lowest BCUT2D eigenvalue weighted by Crippen LogP contribution is -2.30. The Morgan fingerprint density at radius 1 is 1.41 bits per heavy atom. The van der Waals surface area contributed by atoms with E-state index in [2.05, 4.69) is 0 Å². The Labute approximate surface area is 104 Å². The third-order valence-electron chi connectivity index (χ3n) is 2.46. The van der Waals surface area contributed by atoms with Crippen LogP contribution in [0.15, 0.2) is 18.2 Å². The molecule has 1 aromatic rings. The Morgan fingerprint density at radius 2 is 2.00 bits per heavy atom. The largest absolute Gasteiger partial charge is 0.339 e. The average Bonchev–Trinajstić information content (AvgIpc) is 2.30. The number of amides is 1. The van der Waals surface area contributed by atoms with Crippen LogP contribution in [0.4, 0.5) is 5.69 Å². The summed E-state index contributed by atoms with van der Waals surface area (Å²) in [6.45, 7) is 4.75. The van der Waals surface area contributed by atoms with E-state index in [1.54, 1.807) is 4.90 Å². The summed E-state index contributed by atoms with van der Waals surface area (Å²) in [5, 5.41) is 10.6. The van der Waals surface area contributed by atoms with Crippen LogP contribution in [0.5, 0.6) is 0 Å². The van der Waals surface area contributed by atoms with E-state index in [1.807, 2.05) is 13.8 Å². The molecule has 0 saturated heterocycles. The van der Waals surface area contributed by atoms with Crippen LogP contribution in [-0.2, 0) is 0 Å². The molecule has 0 aliphatic rings. The van der Waals surface area contributed by atoms with Gasteiger partial charge in [-0.3, -0.25) is 14.9 Å². The van der Waals surface area contributed by atoms with Crippen LogP contribution < -0.4 is 0 Å². The zero-order valence-electron chi connectivity index (χ0n) is 9.64. The Kier molecular flexibility index (Phi) is 4.45. The van der Waals surface area contributed by atoms with Crippen molar-refractivity contribution in [2.24, 2.45) is 0 Å². The highest BCUT2D eigenvalue weighted by atomic mass is 35.5. The Balaban J connectivity index is 3.19. The van der Waals surface area contributed by atoms with Crippen LogP contribution in [0.2, 0.25) is 5.02 Å². The highest BCUT2D eigenvalue weighted by molar-refractivity contribution is 6.35. The normalized spacial score (nSPS) is 10.1. The quantitative estimate of drug-likeness (QED) is 0.615. The zero-order valence-corrected chi connectivity index (χ0v) is 10.4. The number of hydrogen-bond acceptors (Lipinski definition) is 3. The van der Waals surface area contributed by atoms with Crippen LogP contribution in [0.1, 0.15) is 24.2 Å². The Hall–Kier alpha value is -1.62. The van der Waals surface area contributed by atoms with Crippen molar-refractivity contribution in [3.05, 3.63) is 38.9 Å². The molecular formula is C11H13ClN2O3. The zero-order chi connectivity index (χ0) is 13.0. The number of rotatable bonds is 4. The number of halogens is 1. The van der Waals surface area contributed by atoms with Crippen molar-refractivity contribution in [1.29, 1.82) is 0 Å². The van der Waals surface area contributed by atoms with Gasteiger partial charge in [0.1, 0.15) is 5.02 Å². The van der Waals surface area contributed by atoms with E-state index in [0.717, 1.165) is 0 Å². The summed E-state index contributed by atoms with van der Waals surface area (Å²) in [5.41, 5.74) is -0.0748. The number of nitrogens with zero attached hydrogens (tertiary/aromatic N) is 2. The predicted molar refractivity (Wildman–Crippen MR) is 65.4 cm³/mol. The van der Waals surface area contributed by atoms with Crippen LogP contribution >= 0.6 is 11.6 Å². The summed E-state index contributed by atoms with van der Waals surface area (Å²) >= 11 is 5.87. The SMILES string of the molecule is CCN(CC)C(=O)c1cccc([N+](=O)[O-])c1Cl. The van der Waals surface area contributed by atoms with E-state index in [1.165, 1.54) is 18.2 Å². The Bertz CT molecular complexity index is 444. The molecule has 0 unspecified atom stereocenters. The van der Waals surface area contributed by atoms with Crippen molar-refractivity contribution in [3.8, 4) is 0 Å². The lowest BCUT2D eigenvalue weighted by Gasteiger charge is -2.19. The molecule has 6 heteroatoms. The van der Waals surface area contributed by atoms with Gasteiger partial charge in [0.2, 0.25) is 0 Å². The first kappa shape index (κ1) is 13.4. The lowest BCUT2D eigenvalue weighted by molar-refractivity contribution is -0.384. The standard InChI is InChI=1S/C11H13ClN2O3/c1-3-13(4-2)11(15)8-6-5-7-9(10(8)12)14(16)17/h5-7H,3-4H2,1-2H3. The molecular weight excluding hydrogens is 244 g/mol. The molecule has 0 saturated carbocycles. The first-order valence-corrected chi connectivity index (χ1v) is 5.62. The van der Waals surface area contributed by atoms with E-state index >= 15 is 0 Å². The molecule has 1 amide bonds. The van der Waals surface area contributed by atoms with Gasteiger partial charge in [0.15, 0.2) is 0 Å². The van der Waals surface area contributed by atoms with Gasteiger partial charge in [0, 0.05) is 19.2 Å². The molecule has 0 heterocycles. The van der Waals surface area contributed by atoms with Crippen molar-refractivity contribution in [3.63, 3.8) is 0 Å². The number of carbonyl (C=O) groups excluding carboxylic acids is 1. The highest BCUT2D eigenvalue weighted by Gasteiger charge is 2.22. The number of benzene rings is 1. The molecule has 17 heavy (non-hydrogen) atoms. The van der Waals surface area contributed by atoms with E-state index in [-0.39, 0.29) is 22.2 Å². The van der Waals surface area contributed by atoms with Crippen molar-refractivity contribution < 1.29 is 9.72 Å². The molecule has 0 N–H and O–H groups in total. The number of nitro benzene ring substituents is 1. The highest BCUT2D eigenvalue weighted by Crippen LogP contribution is 2.28. The van der Waals surface area contributed by atoms with Crippen LogP contribution in [0.25, 0.3) is 0 Å². The predicted octanol–water partition coefficient (Wildman–Crippen LogP) is 2.73. The molecule has 0 aliphatic carbocycles. The van der Waals surface area contributed by atoms with E-state index < -0.39 is 4.92 Å². The van der Waals surface area contributed by atoms with Gasteiger partial charge >= 0.3 is 0 Å². The molecule has 0 fully saturated rings. The van der Waals surface area contributed by atoms with Crippen molar-refractivity contribution >= 4 is 23.2 Å². The second-order valence-electron chi connectivity index (χ2n) is 3.37. The summed E-state index contributed by atoms with van der Waals surface area (Å²) in [6.07, 6.45) is 0. The second-order valence-corrected chi connectivity index (χ2v) is 3.75. The monoisotopic (exact) mass is 256 g/mol. The maximum Gasteiger partial charge on any atom is 0.288 e. The van der Waals surface area contributed by atoms with Gasteiger partial charge in [-0.25, -0.2) is 0 Å². The molecule has 0 bridgehead atoms. The van der Waals surface area contributed by atoms with E-state index in [0.29, 0.717) is 13.1 Å². The summed E-state index contributed by atoms with van der Waals surface area (Å²) in [5.74, 6) is -0.288. The van der Waals surface area contributed by atoms with Crippen LogP contribution in [0.3, 0.4) is 0 Å². The second kappa shape index (κ2) is 5.63. The van der Waals surface area contributed by atoms with Gasteiger partial charge in [0.25, 0.3) is 11.6 Å². The van der Waals surface area contributed by atoms with Crippen molar-refractivity contribution in [2.45, 2.75) is 13.8 Å². The number of carbonyl (C=O) groups is 1. The minimum atomic E-state index is -0.596. The molecule has 1 aromatic carbocycles. The van der Waals surface area contributed by atoms with Gasteiger partial charge in [-0.15, -0.1) is 0 Å². The molecule has 0 atom stereocenters.